The molecule has 2 heterocycles. The molecule has 0 aliphatic carbocycles. The normalized spacial score (nSPS) is 12.1. The molecule has 1 amide bonds. The van der Waals surface area contributed by atoms with E-state index in [9.17, 15) is 4.79 Å². The van der Waals surface area contributed by atoms with Crippen LogP contribution >= 0.6 is 0 Å². The summed E-state index contributed by atoms with van der Waals surface area (Å²) in [6, 6.07) is 3.09. The van der Waals surface area contributed by atoms with Crippen molar-refractivity contribution in [2.24, 2.45) is 5.73 Å². The van der Waals surface area contributed by atoms with Gasteiger partial charge in [-0.1, -0.05) is 6.92 Å². The first-order valence-electron chi connectivity index (χ1n) is 5.71. The molecule has 2 rings (SSSR count). The minimum atomic E-state index is -0.488. The predicted octanol–water partition coefficient (Wildman–Crippen LogP) is 0.943. The van der Waals surface area contributed by atoms with Gasteiger partial charge in [-0.05, 0) is 18.6 Å². The van der Waals surface area contributed by atoms with E-state index in [2.05, 4.69) is 15.3 Å². The third-order valence-electron chi connectivity index (χ3n) is 2.56. The second-order valence-corrected chi connectivity index (χ2v) is 3.88. The summed E-state index contributed by atoms with van der Waals surface area (Å²) in [5, 5.41) is 2.71. The molecule has 6 nitrogen and oxygen atoms in total. The van der Waals surface area contributed by atoms with Gasteiger partial charge in [-0.15, -0.1) is 0 Å². The minimum absolute atomic E-state index is 0.199. The van der Waals surface area contributed by atoms with E-state index in [0.717, 1.165) is 5.82 Å². The zero-order chi connectivity index (χ0) is 13.0. The molecule has 6 heteroatoms. The topological polar surface area (TPSA) is 85.8 Å². The van der Waals surface area contributed by atoms with Crippen molar-refractivity contribution in [3.63, 3.8) is 0 Å². The third kappa shape index (κ3) is 2.72. The molecule has 0 bridgehead atoms. The maximum absolute atomic E-state index is 11.6. The molecule has 18 heavy (non-hydrogen) atoms. The zero-order valence-electron chi connectivity index (χ0n) is 10.1. The van der Waals surface area contributed by atoms with E-state index in [1.165, 1.54) is 0 Å². The van der Waals surface area contributed by atoms with Crippen molar-refractivity contribution in [2.75, 3.05) is 5.32 Å². The van der Waals surface area contributed by atoms with Crippen LogP contribution in [0.5, 0.6) is 0 Å². The number of rotatable bonds is 4. The number of anilines is 1. The maximum Gasteiger partial charge on any atom is 0.241 e. The van der Waals surface area contributed by atoms with Crippen LogP contribution in [0.3, 0.4) is 0 Å². The van der Waals surface area contributed by atoms with Gasteiger partial charge in [0.1, 0.15) is 12.1 Å². The van der Waals surface area contributed by atoms with Gasteiger partial charge in [-0.25, -0.2) is 9.97 Å². The molecule has 0 radical (unpaired) electrons. The first kappa shape index (κ1) is 12.3. The van der Waals surface area contributed by atoms with Gasteiger partial charge >= 0.3 is 0 Å². The highest BCUT2D eigenvalue weighted by atomic mass is 16.2. The minimum Gasteiger partial charge on any atom is -0.323 e. The molecule has 0 aromatic carbocycles. The Bertz CT molecular complexity index is 506. The molecule has 0 aliphatic heterocycles. The quantitative estimate of drug-likeness (QED) is 0.839. The highest BCUT2D eigenvalue weighted by molar-refractivity contribution is 5.94. The second-order valence-electron chi connectivity index (χ2n) is 3.88. The Morgan fingerprint density at radius 2 is 2.39 bits per heavy atom. The first-order valence-corrected chi connectivity index (χ1v) is 5.71. The van der Waals surface area contributed by atoms with Gasteiger partial charge in [0.15, 0.2) is 0 Å². The number of nitrogens with zero attached hydrogens (tertiary/aromatic N) is 3. The molecule has 0 saturated carbocycles. The van der Waals surface area contributed by atoms with Crippen molar-refractivity contribution in [2.45, 2.75) is 19.4 Å². The van der Waals surface area contributed by atoms with Gasteiger partial charge in [0.2, 0.25) is 5.91 Å². The van der Waals surface area contributed by atoms with Crippen molar-refractivity contribution in [3.05, 3.63) is 37.1 Å². The van der Waals surface area contributed by atoms with E-state index < -0.39 is 6.04 Å². The van der Waals surface area contributed by atoms with Crippen molar-refractivity contribution in [1.82, 2.24) is 14.5 Å². The smallest absolute Gasteiger partial charge is 0.241 e. The van der Waals surface area contributed by atoms with E-state index in [1.807, 2.05) is 6.92 Å². The SMILES string of the molecule is CC[C@@H](N)C(=O)Nc1ccc(-n2ccnc2)nc1. The van der Waals surface area contributed by atoms with Crippen molar-refractivity contribution in [3.8, 4) is 5.82 Å². The third-order valence-corrected chi connectivity index (χ3v) is 2.56. The van der Waals surface area contributed by atoms with Crippen LogP contribution in [0.4, 0.5) is 5.69 Å². The summed E-state index contributed by atoms with van der Waals surface area (Å²) in [6.45, 7) is 1.87. The Kier molecular flexibility index (Phi) is 3.69. The van der Waals surface area contributed by atoms with Crippen LogP contribution in [0.25, 0.3) is 5.82 Å². The number of imidazole rings is 1. The van der Waals surface area contributed by atoms with Crippen molar-refractivity contribution < 1.29 is 4.79 Å². The number of hydrogen-bond acceptors (Lipinski definition) is 4. The molecule has 2 aromatic heterocycles. The molecule has 2 aromatic rings. The first-order chi connectivity index (χ1) is 8.70. The maximum atomic E-state index is 11.6. The van der Waals surface area contributed by atoms with E-state index in [0.29, 0.717) is 12.1 Å². The standard InChI is InChI=1S/C12H15N5O/c1-2-10(13)12(18)16-9-3-4-11(15-7-9)17-6-5-14-8-17/h3-8,10H,2,13H2,1H3,(H,16,18)/t10-/m1/s1. The predicted molar refractivity (Wildman–Crippen MR) is 68.3 cm³/mol. The number of carbonyl (C=O) groups excluding carboxylic acids is 1. The van der Waals surface area contributed by atoms with Gasteiger partial charge < -0.3 is 11.1 Å². The lowest BCUT2D eigenvalue weighted by atomic mass is 10.2. The van der Waals surface area contributed by atoms with Crippen LogP contribution in [0, 0.1) is 0 Å². The molecule has 0 fully saturated rings. The molecule has 0 spiro atoms. The van der Waals surface area contributed by atoms with Crippen LogP contribution in [-0.4, -0.2) is 26.5 Å². The van der Waals surface area contributed by atoms with Gasteiger partial charge in [-0.2, -0.15) is 0 Å². The average molecular weight is 245 g/mol. The lowest BCUT2D eigenvalue weighted by Gasteiger charge is -2.10. The summed E-state index contributed by atoms with van der Waals surface area (Å²) in [6.07, 6.45) is 7.33. The Balaban J connectivity index is 2.06. The summed E-state index contributed by atoms with van der Waals surface area (Å²) in [4.78, 5) is 19.7. The van der Waals surface area contributed by atoms with Gasteiger partial charge in [0.25, 0.3) is 0 Å². The van der Waals surface area contributed by atoms with Crippen LogP contribution < -0.4 is 11.1 Å². The van der Waals surface area contributed by atoms with E-state index in [1.54, 1.807) is 41.6 Å². The highest BCUT2D eigenvalue weighted by Crippen LogP contribution is 2.09. The molecule has 0 saturated heterocycles. The second kappa shape index (κ2) is 5.42. The fourth-order valence-corrected chi connectivity index (χ4v) is 1.43. The number of nitrogens with one attached hydrogen (secondary N) is 1. The number of pyridine rings is 1. The number of hydrogen-bond donors (Lipinski definition) is 2. The molecule has 1 atom stereocenters. The van der Waals surface area contributed by atoms with Gasteiger partial charge in [-0.3, -0.25) is 9.36 Å². The Morgan fingerprint density at radius 3 is 2.94 bits per heavy atom. The highest BCUT2D eigenvalue weighted by Gasteiger charge is 2.10. The Morgan fingerprint density at radius 1 is 1.56 bits per heavy atom. The Hall–Kier alpha value is -2.21. The lowest BCUT2D eigenvalue weighted by Crippen LogP contribution is -2.34. The number of aromatic nitrogens is 3. The monoisotopic (exact) mass is 245 g/mol. The summed E-state index contributed by atoms with van der Waals surface area (Å²) in [5.41, 5.74) is 6.26. The number of nitrogens with two attached hydrogens (primary N) is 1. The molecular formula is C12H15N5O. The summed E-state index contributed by atoms with van der Waals surface area (Å²) in [5.74, 6) is 0.542. The summed E-state index contributed by atoms with van der Waals surface area (Å²) >= 11 is 0. The lowest BCUT2D eigenvalue weighted by molar-refractivity contribution is -0.117. The van der Waals surface area contributed by atoms with Crippen LogP contribution in [0.1, 0.15) is 13.3 Å². The molecule has 3 N–H and O–H groups in total. The van der Waals surface area contributed by atoms with Crippen LogP contribution in [0.15, 0.2) is 37.1 Å². The fraction of sp³-hybridized carbons (Fsp3) is 0.250. The van der Waals surface area contributed by atoms with Gasteiger partial charge in [0, 0.05) is 12.4 Å². The van der Waals surface area contributed by atoms with Crippen LogP contribution in [-0.2, 0) is 4.79 Å². The molecule has 0 aliphatic rings. The van der Waals surface area contributed by atoms with Crippen LogP contribution in [0.2, 0.25) is 0 Å². The number of carbonyl (C=O) groups is 1. The Labute approximate surface area is 105 Å². The molecule has 94 valence electrons. The summed E-state index contributed by atoms with van der Waals surface area (Å²) in [7, 11) is 0. The van der Waals surface area contributed by atoms with Crippen molar-refractivity contribution >= 4 is 11.6 Å². The van der Waals surface area contributed by atoms with E-state index in [-0.39, 0.29) is 5.91 Å². The van der Waals surface area contributed by atoms with Crippen molar-refractivity contribution in [1.29, 1.82) is 0 Å². The van der Waals surface area contributed by atoms with E-state index >= 15 is 0 Å². The zero-order valence-corrected chi connectivity index (χ0v) is 10.1. The molecular weight excluding hydrogens is 230 g/mol. The fourth-order valence-electron chi connectivity index (χ4n) is 1.43. The summed E-state index contributed by atoms with van der Waals surface area (Å²) < 4.78 is 1.78. The van der Waals surface area contributed by atoms with Gasteiger partial charge in [0.05, 0.1) is 17.9 Å². The number of amides is 1. The molecule has 0 unspecified atom stereocenters. The van der Waals surface area contributed by atoms with E-state index in [4.69, 9.17) is 5.73 Å². The average Bonchev–Trinajstić information content (AvgIpc) is 2.92. The largest absolute Gasteiger partial charge is 0.323 e.